The van der Waals surface area contributed by atoms with Gasteiger partial charge in [-0.25, -0.2) is 4.39 Å². The molecule has 0 bridgehead atoms. The van der Waals surface area contributed by atoms with Gasteiger partial charge in [-0.15, -0.1) is 0 Å². The fourth-order valence-electron chi connectivity index (χ4n) is 1.42. The maximum Gasteiger partial charge on any atom is 0.255 e. The van der Waals surface area contributed by atoms with E-state index in [0.717, 1.165) is 12.3 Å². The van der Waals surface area contributed by atoms with Gasteiger partial charge in [0, 0.05) is 16.7 Å². The highest BCUT2D eigenvalue weighted by Gasteiger charge is 2.14. The van der Waals surface area contributed by atoms with E-state index in [-0.39, 0.29) is 10.4 Å². The van der Waals surface area contributed by atoms with Gasteiger partial charge in [-0.05, 0) is 30.3 Å². The quantitative estimate of drug-likeness (QED) is 0.351. The predicted octanol–water partition coefficient (Wildman–Crippen LogP) is 3.88. The van der Waals surface area contributed by atoms with E-state index in [4.69, 9.17) is 11.6 Å². The van der Waals surface area contributed by atoms with Crippen molar-refractivity contribution in [1.29, 1.82) is 0 Å². The Bertz CT molecular complexity index is 596. The Hall–Kier alpha value is -1.94. The van der Waals surface area contributed by atoms with Crippen molar-refractivity contribution in [2.75, 3.05) is 0 Å². The molecule has 0 aromatic heterocycles. The molecule has 0 saturated carbocycles. The minimum Gasteiger partial charge on any atom is -0.618 e. The zero-order valence-corrected chi connectivity index (χ0v) is 9.86. The highest BCUT2D eigenvalue weighted by molar-refractivity contribution is 6.30. The number of rotatable bonds is 2. The molecule has 0 N–H and O–H groups in total. The van der Waals surface area contributed by atoms with Crippen LogP contribution in [0.5, 0.6) is 0 Å². The molecule has 0 aliphatic carbocycles. The van der Waals surface area contributed by atoms with Gasteiger partial charge >= 0.3 is 0 Å². The van der Waals surface area contributed by atoms with Crippen molar-refractivity contribution in [3.05, 3.63) is 69.9 Å². The van der Waals surface area contributed by atoms with Crippen LogP contribution in [0.2, 0.25) is 5.02 Å². The minimum atomic E-state index is -1.17. The molecule has 0 spiro atoms. The lowest BCUT2D eigenvalue weighted by molar-refractivity contribution is -0.357. The SMILES string of the molecule is [O-][N+](=Cc1ccc(Cl)cc1)c1cccc(F)c1F. The van der Waals surface area contributed by atoms with Gasteiger partial charge in [-0.3, -0.25) is 0 Å². The molecule has 0 unspecified atom stereocenters. The molecule has 92 valence electrons. The van der Waals surface area contributed by atoms with E-state index in [9.17, 15) is 14.0 Å². The van der Waals surface area contributed by atoms with Gasteiger partial charge in [-0.2, -0.15) is 9.13 Å². The molecule has 0 aliphatic rings. The van der Waals surface area contributed by atoms with Gasteiger partial charge in [0.15, 0.2) is 12.0 Å². The Morgan fingerprint density at radius 2 is 1.72 bits per heavy atom. The largest absolute Gasteiger partial charge is 0.618 e. The highest BCUT2D eigenvalue weighted by Crippen LogP contribution is 2.19. The first-order chi connectivity index (χ1) is 8.58. The average Bonchev–Trinajstić information content (AvgIpc) is 2.35. The summed E-state index contributed by atoms with van der Waals surface area (Å²) in [6.07, 6.45) is 1.15. The summed E-state index contributed by atoms with van der Waals surface area (Å²) in [5.74, 6) is -2.23. The molecule has 0 amide bonds. The van der Waals surface area contributed by atoms with Crippen molar-refractivity contribution < 1.29 is 13.5 Å². The van der Waals surface area contributed by atoms with Gasteiger partial charge in [0.2, 0.25) is 5.82 Å². The number of hydrogen-bond donors (Lipinski definition) is 0. The van der Waals surface area contributed by atoms with Crippen molar-refractivity contribution in [3.8, 4) is 0 Å². The molecule has 2 aromatic carbocycles. The van der Waals surface area contributed by atoms with Crippen molar-refractivity contribution in [1.82, 2.24) is 0 Å². The molecule has 0 aliphatic heterocycles. The van der Waals surface area contributed by atoms with Crippen LogP contribution in [0.3, 0.4) is 0 Å². The molecule has 5 heteroatoms. The third-order valence-corrected chi connectivity index (χ3v) is 2.56. The van der Waals surface area contributed by atoms with E-state index in [1.165, 1.54) is 12.1 Å². The first kappa shape index (κ1) is 12.5. The van der Waals surface area contributed by atoms with Crippen LogP contribution < -0.4 is 0 Å². The first-order valence-electron chi connectivity index (χ1n) is 5.09. The Balaban J connectivity index is 2.39. The van der Waals surface area contributed by atoms with Crippen molar-refractivity contribution in [2.45, 2.75) is 0 Å². The summed E-state index contributed by atoms with van der Waals surface area (Å²) in [6.45, 7) is 0. The Morgan fingerprint density at radius 1 is 1.06 bits per heavy atom. The van der Waals surface area contributed by atoms with E-state index in [2.05, 4.69) is 0 Å². The molecule has 0 radical (unpaired) electrons. The van der Waals surface area contributed by atoms with Crippen LogP contribution >= 0.6 is 11.6 Å². The van der Waals surface area contributed by atoms with E-state index in [1.807, 2.05) is 0 Å². The van der Waals surface area contributed by atoms with Crippen molar-refractivity contribution in [2.24, 2.45) is 0 Å². The summed E-state index contributed by atoms with van der Waals surface area (Å²) in [4.78, 5) is 0. The predicted molar refractivity (Wildman–Crippen MR) is 66.3 cm³/mol. The second-order valence-electron chi connectivity index (χ2n) is 3.58. The summed E-state index contributed by atoms with van der Waals surface area (Å²) >= 11 is 5.70. The van der Waals surface area contributed by atoms with Crippen LogP contribution in [0.25, 0.3) is 0 Å². The van der Waals surface area contributed by atoms with Gasteiger partial charge in [0.25, 0.3) is 5.69 Å². The lowest BCUT2D eigenvalue weighted by Crippen LogP contribution is -2.02. The van der Waals surface area contributed by atoms with E-state index in [1.54, 1.807) is 24.3 Å². The minimum absolute atomic E-state index is 0.279. The molecule has 0 saturated heterocycles. The van der Waals surface area contributed by atoms with Crippen LogP contribution in [0, 0.1) is 16.8 Å². The average molecular weight is 268 g/mol. The molecular formula is C13H8ClF2NO. The number of nitrogens with zero attached hydrogens (tertiary/aromatic N) is 1. The maximum atomic E-state index is 13.4. The number of hydrogen-bond acceptors (Lipinski definition) is 1. The second kappa shape index (κ2) is 5.14. The topological polar surface area (TPSA) is 26.1 Å². The standard InChI is InChI=1S/C13H8ClF2NO/c14-10-6-4-9(5-7-10)8-17(18)12-3-1-2-11(15)13(12)16/h1-8H. The van der Waals surface area contributed by atoms with Crippen LogP contribution in [0.4, 0.5) is 14.5 Å². The molecular weight excluding hydrogens is 260 g/mol. The molecule has 0 fully saturated rings. The Kier molecular flexibility index (Phi) is 3.58. The van der Waals surface area contributed by atoms with Crippen LogP contribution in [-0.2, 0) is 0 Å². The third-order valence-electron chi connectivity index (χ3n) is 2.30. The van der Waals surface area contributed by atoms with Crippen LogP contribution in [0.15, 0.2) is 42.5 Å². The molecule has 0 heterocycles. The van der Waals surface area contributed by atoms with E-state index in [0.29, 0.717) is 10.6 Å². The summed E-state index contributed by atoms with van der Waals surface area (Å²) in [6, 6.07) is 9.84. The van der Waals surface area contributed by atoms with E-state index >= 15 is 0 Å². The summed E-state index contributed by atoms with van der Waals surface area (Å²) in [5.41, 5.74) is 0.169. The second-order valence-corrected chi connectivity index (χ2v) is 4.02. The Morgan fingerprint density at radius 3 is 2.39 bits per heavy atom. The summed E-state index contributed by atoms with van der Waals surface area (Å²) < 4.78 is 26.6. The number of halogens is 3. The lowest BCUT2D eigenvalue weighted by Gasteiger charge is -2.04. The summed E-state index contributed by atoms with van der Waals surface area (Å²) in [5, 5.41) is 12.2. The molecule has 2 rings (SSSR count). The van der Waals surface area contributed by atoms with Gasteiger partial charge in [0.05, 0.1) is 0 Å². The molecule has 18 heavy (non-hydrogen) atoms. The smallest absolute Gasteiger partial charge is 0.255 e. The monoisotopic (exact) mass is 267 g/mol. The van der Waals surface area contributed by atoms with Gasteiger partial charge in [0.1, 0.15) is 0 Å². The van der Waals surface area contributed by atoms with Gasteiger partial charge < -0.3 is 5.21 Å². The fourth-order valence-corrected chi connectivity index (χ4v) is 1.54. The maximum absolute atomic E-state index is 13.4. The zero-order valence-electron chi connectivity index (χ0n) is 9.11. The van der Waals surface area contributed by atoms with E-state index < -0.39 is 11.6 Å². The molecule has 2 aromatic rings. The third kappa shape index (κ3) is 2.65. The number of benzene rings is 2. The normalized spacial score (nSPS) is 11.6. The highest BCUT2D eigenvalue weighted by atomic mass is 35.5. The molecule has 2 nitrogen and oxygen atoms in total. The van der Waals surface area contributed by atoms with Crippen molar-refractivity contribution in [3.63, 3.8) is 0 Å². The lowest BCUT2D eigenvalue weighted by atomic mass is 10.2. The van der Waals surface area contributed by atoms with Crippen molar-refractivity contribution >= 4 is 23.5 Å². The molecule has 0 atom stereocenters. The Labute approximate surface area is 107 Å². The van der Waals surface area contributed by atoms with Crippen LogP contribution in [-0.4, -0.2) is 11.0 Å². The first-order valence-corrected chi connectivity index (χ1v) is 5.46. The fraction of sp³-hybridized carbons (Fsp3) is 0. The van der Waals surface area contributed by atoms with Crippen LogP contribution in [0.1, 0.15) is 5.56 Å². The van der Waals surface area contributed by atoms with Gasteiger partial charge in [-0.1, -0.05) is 17.7 Å². The summed E-state index contributed by atoms with van der Waals surface area (Å²) in [7, 11) is 0. The zero-order chi connectivity index (χ0) is 13.1.